The number of nitrogen functional groups attached to an aromatic ring is 2. The number of aryl methyl sites for hydroxylation is 2. The highest BCUT2D eigenvalue weighted by Gasteiger charge is 2.01. The van der Waals surface area contributed by atoms with Crippen molar-refractivity contribution in [2.75, 3.05) is 11.5 Å². The summed E-state index contributed by atoms with van der Waals surface area (Å²) in [6.45, 7) is 3.77. The molecule has 0 saturated carbocycles. The Kier molecular flexibility index (Phi) is 6.59. The van der Waals surface area contributed by atoms with Crippen LogP contribution in [0, 0.1) is 28.7 Å². The van der Waals surface area contributed by atoms with Crippen LogP contribution in [0.4, 0.5) is 11.4 Å². The van der Waals surface area contributed by atoms with Crippen LogP contribution in [-0.4, -0.2) is 0 Å². The number of nitrogens with two attached hydrogens (primary N) is 2. The topological polar surface area (TPSA) is 75.8 Å². The van der Waals surface area contributed by atoms with Crippen molar-refractivity contribution in [3.63, 3.8) is 0 Å². The lowest BCUT2D eigenvalue weighted by Crippen LogP contribution is -1.91. The van der Waals surface area contributed by atoms with Gasteiger partial charge in [-0.1, -0.05) is 23.2 Å². The largest absolute Gasteiger partial charge is 0.397 e. The Morgan fingerprint density at radius 3 is 1.86 bits per heavy atom. The smallest absolute Gasteiger partial charge is 0.0992 e. The van der Waals surface area contributed by atoms with Gasteiger partial charge in [-0.25, -0.2) is 0 Å². The highest BCUT2D eigenvalue weighted by molar-refractivity contribution is 14.1. The predicted molar refractivity (Wildman–Crippen MR) is 98.6 cm³/mol. The van der Waals surface area contributed by atoms with Crippen LogP contribution in [0.5, 0.6) is 0 Å². The monoisotopic (exact) mass is 433 g/mol. The van der Waals surface area contributed by atoms with Crippen LogP contribution in [0.25, 0.3) is 0 Å². The minimum Gasteiger partial charge on any atom is -0.397 e. The maximum absolute atomic E-state index is 8.53. The Hall–Kier alpha value is -1.16. The van der Waals surface area contributed by atoms with Crippen LogP contribution >= 0.6 is 45.8 Å². The second-order valence-electron chi connectivity index (χ2n) is 4.42. The van der Waals surface area contributed by atoms with E-state index >= 15 is 0 Å². The molecule has 0 fully saturated rings. The molecule has 4 N–H and O–H groups in total. The van der Waals surface area contributed by atoms with Gasteiger partial charge in [0.2, 0.25) is 0 Å². The van der Waals surface area contributed by atoms with Crippen LogP contribution in [0.15, 0.2) is 24.3 Å². The number of anilines is 2. The van der Waals surface area contributed by atoms with Gasteiger partial charge in [0, 0.05) is 3.57 Å². The van der Waals surface area contributed by atoms with Crippen molar-refractivity contribution < 1.29 is 0 Å². The van der Waals surface area contributed by atoms with Crippen LogP contribution in [0.2, 0.25) is 10.0 Å². The summed E-state index contributed by atoms with van der Waals surface area (Å²) in [7, 11) is 0. The van der Waals surface area contributed by atoms with Crippen molar-refractivity contribution in [2.45, 2.75) is 13.8 Å². The van der Waals surface area contributed by atoms with E-state index in [0.29, 0.717) is 27.0 Å². The second-order valence-corrected chi connectivity index (χ2v) is 6.48. The summed E-state index contributed by atoms with van der Waals surface area (Å²) in [5.74, 6) is 0. The molecule has 6 heteroatoms. The van der Waals surface area contributed by atoms with Gasteiger partial charge in [0.1, 0.15) is 0 Å². The summed E-state index contributed by atoms with van der Waals surface area (Å²) in [5, 5.41) is 9.62. The van der Waals surface area contributed by atoms with Gasteiger partial charge in [0.25, 0.3) is 0 Å². The fourth-order valence-corrected chi connectivity index (χ4v) is 3.03. The molecule has 2 aromatic rings. The van der Waals surface area contributed by atoms with Crippen molar-refractivity contribution >= 4 is 57.2 Å². The number of benzene rings is 2. The average Bonchev–Trinajstić information content (AvgIpc) is 2.42. The Morgan fingerprint density at radius 2 is 1.43 bits per heavy atom. The molecule has 0 atom stereocenters. The van der Waals surface area contributed by atoms with E-state index in [4.69, 9.17) is 39.9 Å². The van der Waals surface area contributed by atoms with Crippen molar-refractivity contribution in [1.29, 1.82) is 5.26 Å². The lowest BCUT2D eigenvalue weighted by molar-refractivity contribution is 1.42. The first-order valence-corrected chi connectivity index (χ1v) is 7.76. The summed E-state index contributed by atoms with van der Waals surface area (Å²) in [6.07, 6.45) is 0. The second kappa shape index (κ2) is 7.74. The molecule has 0 aliphatic heterocycles. The molecule has 0 radical (unpaired) electrons. The van der Waals surface area contributed by atoms with Gasteiger partial charge in [0.05, 0.1) is 33.1 Å². The molecule has 0 heterocycles. The standard InChI is InChI=1S/C8H7ClN2.C7H7ClIN/c1-5-2-6(4-10)3-7(9)8(5)11;1-4-2-5(9)3-6(8)7(4)10/h2-3H,11H2,1H3;2-3H,10H2,1H3. The molecule has 0 amide bonds. The molecule has 0 aliphatic carbocycles. The van der Waals surface area contributed by atoms with Gasteiger partial charge in [-0.3, -0.25) is 0 Å². The van der Waals surface area contributed by atoms with Crippen molar-refractivity contribution in [1.82, 2.24) is 0 Å². The van der Waals surface area contributed by atoms with Gasteiger partial charge in [-0.05, 0) is 71.8 Å². The van der Waals surface area contributed by atoms with E-state index in [1.165, 1.54) is 0 Å². The molecule has 2 aromatic carbocycles. The van der Waals surface area contributed by atoms with E-state index in [1.54, 1.807) is 12.1 Å². The first kappa shape index (κ1) is 17.9. The van der Waals surface area contributed by atoms with Crippen LogP contribution in [-0.2, 0) is 0 Å². The molecule has 2 rings (SSSR count). The van der Waals surface area contributed by atoms with E-state index in [9.17, 15) is 0 Å². The zero-order valence-electron chi connectivity index (χ0n) is 11.5. The minimum absolute atomic E-state index is 0.446. The third kappa shape index (κ3) is 4.95. The Morgan fingerprint density at radius 1 is 0.952 bits per heavy atom. The van der Waals surface area contributed by atoms with Gasteiger partial charge in [-0.2, -0.15) is 5.26 Å². The zero-order valence-corrected chi connectivity index (χ0v) is 15.2. The number of rotatable bonds is 0. The minimum atomic E-state index is 0.446. The van der Waals surface area contributed by atoms with Crippen LogP contribution in [0.3, 0.4) is 0 Å². The van der Waals surface area contributed by atoms with E-state index in [0.717, 1.165) is 14.7 Å². The molecule has 21 heavy (non-hydrogen) atoms. The zero-order chi connectivity index (χ0) is 16.2. The lowest BCUT2D eigenvalue weighted by Gasteiger charge is -2.01. The lowest BCUT2D eigenvalue weighted by atomic mass is 10.1. The highest BCUT2D eigenvalue weighted by Crippen LogP contribution is 2.25. The highest BCUT2D eigenvalue weighted by atomic mass is 127. The summed E-state index contributed by atoms with van der Waals surface area (Å²) >= 11 is 13.7. The summed E-state index contributed by atoms with van der Waals surface area (Å²) < 4.78 is 1.12. The van der Waals surface area contributed by atoms with E-state index in [2.05, 4.69) is 22.6 Å². The maximum atomic E-state index is 8.53. The number of hydrogen-bond donors (Lipinski definition) is 2. The Bertz CT molecular complexity index is 663. The summed E-state index contributed by atoms with van der Waals surface area (Å²) in [6, 6.07) is 9.12. The SMILES string of the molecule is Cc1cc(C#N)cc(Cl)c1N.Cc1cc(I)cc(Cl)c1N. The van der Waals surface area contributed by atoms with Crippen LogP contribution < -0.4 is 11.5 Å². The Labute approximate surface area is 148 Å². The third-order valence-corrected chi connectivity index (χ3v) is 4.01. The predicted octanol–water partition coefficient (Wildman–Crippen LogP) is 4.94. The fourth-order valence-electron chi connectivity index (χ4n) is 1.53. The van der Waals surface area contributed by atoms with Gasteiger partial charge >= 0.3 is 0 Å². The normalized spacial score (nSPS) is 9.52. The van der Waals surface area contributed by atoms with E-state index < -0.39 is 0 Å². The van der Waals surface area contributed by atoms with Crippen LogP contribution in [0.1, 0.15) is 16.7 Å². The quantitative estimate of drug-likeness (QED) is 0.456. The van der Waals surface area contributed by atoms with Crippen molar-refractivity contribution in [3.05, 3.63) is 54.6 Å². The van der Waals surface area contributed by atoms with E-state index in [-0.39, 0.29) is 0 Å². The third-order valence-electron chi connectivity index (χ3n) is 2.77. The molecule has 110 valence electrons. The molecular formula is C15H14Cl2IN3. The van der Waals surface area contributed by atoms with Gasteiger partial charge in [0.15, 0.2) is 0 Å². The molecule has 0 aromatic heterocycles. The molecule has 0 spiro atoms. The number of hydrogen-bond acceptors (Lipinski definition) is 3. The molecule has 0 bridgehead atoms. The molecule has 0 saturated heterocycles. The Balaban J connectivity index is 0.000000211. The fraction of sp³-hybridized carbons (Fsp3) is 0.133. The summed E-state index contributed by atoms with van der Waals surface area (Å²) in [4.78, 5) is 0. The maximum Gasteiger partial charge on any atom is 0.0992 e. The first-order chi connectivity index (χ1) is 9.76. The van der Waals surface area contributed by atoms with E-state index in [1.807, 2.05) is 32.0 Å². The molecule has 0 aliphatic rings. The number of nitrogens with zero attached hydrogens (tertiary/aromatic N) is 1. The number of halogens is 3. The first-order valence-electron chi connectivity index (χ1n) is 5.93. The van der Waals surface area contributed by atoms with Crippen molar-refractivity contribution in [2.24, 2.45) is 0 Å². The average molecular weight is 434 g/mol. The van der Waals surface area contributed by atoms with Gasteiger partial charge < -0.3 is 11.5 Å². The molecular weight excluding hydrogens is 420 g/mol. The molecule has 0 unspecified atom stereocenters. The van der Waals surface area contributed by atoms with Gasteiger partial charge in [-0.15, -0.1) is 0 Å². The van der Waals surface area contributed by atoms with Crippen molar-refractivity contribution in [3.8, 4) is 6.07 Å². The molecule has 3 nitrogen and oxygen atoms in total. The summed E-state index contributed by atoms with van der Waals surface area (Å²) in [5.41, 5.74) is 14.8. The number of nitriles is 1.